The van der Waals surface area contributed by atoms with Crippen molar-refractivity contribution in [3.05, 3.63) is 53.1 Å². The average molecular weight is 452 g/mol. The minimum absolute atomic E-state index is 0.172. The molecular formula is C23H25FN6O3. The highest BCUT2D eigenvalue weighted by molar-refractivity contribution is 6.10. The molecule has 1 fully saturated rings. The number of ether oxygens (including phenoxy) is 2. The molecule has 4 rings (SSSR count). The first kappa shape index (κ1) is 22.4. The Balaban J connectivity index is 1.90. The molecule has 1 atom stereocenters. The molecule has 9 nitrogen and oxygen atoms in total. The van der Waals surface area contributed by atoms with E-state index in [0.717, 1.165) is 6.42 Å². The largest absolute Gasteiger partial charge is 0.470 e. The lowest BCUT2D eigenvalue weighted by Gasteiger charge is -2.16. The van der Waals surface area contributed by atoms with Crippen LogP contribution in [-0.2, 0) is 4.74 Å². The SMILES string of the molecule is CN=CC(=CN)c1cc2ncc(-c3cc(C(=O)NC)cc(C)c3F)n2nc1OC1CCOC1. The Morgan fingerprint density at radius 3 is 2.91 bits per heavy atom. The Kier molecular flexibility index (Phi) is 6.36. The van der Waals surface area contributed by atoms with Gasteiger partial charge in [-0.25, -0.2) is 13.9 Å². The fourth-order valence-corrected chi connectivity index (χ4v) is 3.71. The molecule has 1 aromatic carbocycles. The van der Waals surface area contributed by atoms with Gasteiger partial charge in [0.1, 0.15) is 11.9 Å². The van der Waals surface area contributed by atoms with Gasteiger partial charge in [-0.15, -0.1) is 5.10 Å². The fraction of sp³-hybridized carbons (Fsp3) is 0.304. The third kappa shape index (κ3) is 4.29. The summed E-state index contributed by atoms with van der Waals surface area (Å²) in [6.45, 7) is 2.66. The molecule has 1 amide bonds. The maximum absolute atomic E-state index is 15.1. The molecule has 1 unspecified atom stereocenters. The summed E-state index contributed by atoms with van der Waals surface area (Å²) < 4.78 is 28.2. The number of amides is 1. The van der Waals surface area contributed by atoms with Gasteiger partial charge in [0.25, 0.3) is 5.91 Å². The number of nitrogens with zero attached hydrogens (tertiary/aromatic N) is 4. The number of carbonyl (C=O) groups is 1. The number of aryl methyl sites for hydroxylation is 1. The topological polar surface area (TPSA) is 116 Å². The number of hydrogen-bond donors (Lipinski definition) is 2. The number of imidazole rings is 1. The highest BCUT2D eigenvalue weighted by atomic mass is 19.1. The van der Waals surface area contributed by atoms with Crippen LogP contribution < -0.4 is 15.8 Å². The van der Waals surface area contributed by atoms with Crippen LogP contribution in [0.2, 0.25) is 0 Å². The predicted octanol–water partition coefficient (Wildman–Crippen LogP) is 2.37. The van der Waals surface area contributed by atoms with Gasteiger partial charge in [-0.05, 0) is 30.7 Å². The summed E-state index contributed by atoms with van der Waals surface area (Å²) in [6, 6.07) is 4.75. The van der Waals surface area contributed by atoms with E-state index in [0.29, 0.717) is 52.7 Å². The van der Waals surface area contributed by atoms with E-state index in [9.17, 15) is 4.79 Å². The Morgan fingerprint density at radius 1 is 1.42 bits per heavy atom. The van der Waals surface area contributed by atoms with Crippen molar-refractivity contribution in [2.75, 3.05) is 27.3 Å². The Morgan fingerprint density at radius 2 is 2.24 bits per heavy atom. The molecule has 0 spiro atoms. The number of nitrogens with two attached hydrogens (primary N) is 1. The molecule has 10 heteroatoms. The highest BCUT2D eigenvalue weighted by Gasteiger charge is 2.23. The predicted molar refractivity (Wildman–Crippen MR) is 123 cm³/mol. The molecule has 172 valence electrons. The number of nitrogens with one attached hydrogen (secondary N) is 1. The van der Waals surface area contributed by atoms with Crippen molar-refractivity contribution in [2.45, 2.75) is 19.4 Å². The molecule has 1 aliphatic rings. The van der Waals surface area contributed by atoms with Crippen LogP contribution in [0.25, 0.3) is 22.5 Å². The van der Waals surface area contributed by atoms with Gasteiger partial charge in [0.05, 0.1) is 30.7 Å². The molecule has 1 aliphatic heterocycles. The first-order chi connectivity index (χ1) is 16.0. The van der Waals surface area contributed by atoms with Crippen molar-refractivity contribution in [3.8, 4) is 17.1 Å². The maximum atomic E-state index is 15.1. The zero-order valence-electron chi connectivity index (χ0n) is 18.6. The molecule has 33 heavy (non-hydrogen) atoms. The summed E-state index contributed by atoms with van der Waals surface area (Å²) in [6.07, 6.45) is 5.08. The number of aliphatic imine (C=N–C) groups is 1. The summed E-state index contributed by atoms with van der Waals surface area (Å²) in [5.41, 5.74) is 8.77. The minimum atomic E-state index is -0.456. The van der Waals surface area contributed by atoms with Crippen LogP contribution in [0.15, 0.2) is 35.6 Å². The van der Waals surface area contributed by atoms with Gasteiger partial charge in [0.15, 0.2) is 5.65 Å². The lowest BCUT2D eigenvalue weighted by atomic mass is 10.0. The number of carbonyl (C=O) groups excluding carboxylic acids is 1. The third-order valence-corrected chi connectivity index (χ3v) is 5.40. The van der Waals surface area contributed by atoms with E-state index in [1.54, 1.807) is 26.3 Å². The third-order valence-electron chi connectivity index (χ3n) is 5.40. The quantitative estimate of drug-likeness (QED) is 0.555. The van der Waals surface area contributed by atoms with Crippen molar-refractivity contribution < 1.29 is 18.7 Å². The second-order valence-electron chi connectivity index (χ2n) is 7.62. The number of allylic oxidation sites excluding steroid dienone is 1. The standard InChI is InChI=1S/C23H25FN6O3/c1-13-6-14(22(31)27-3)7-18(21(13)24)19-11-28-20-8-17(15(9-25)10-26-2)23(29-30(19)20)33-16-4-5-32-12-16/h6-11,16H,4-5,12,25H2,1-3H3,(H,27,31). The van der Waals surface area contributed by atoms with Gasteiger partial charge in [0.2, 0.25) is 5.88 Å². The Hall–Kier alpha value is -3.79. The minimum Gasteiger partial charge on any atom is -0.470 e. The number of aromatic nitrogens is 3. The van der Waals surface area contributed by atoms with Crippen molar-refractivity contribution in [3.63, 3.8) is 0 Å². The number of rotatable bonds is 6. The van der Waals surface area contributed by atoms with Crippen LogP contribution in [0, 0.1) is 12.7 Å². The van der Waals surface area contributed by atoms with Crippen molar-refractivity contribution in [1.29, 1.82) is 0 Å². The Labute approximate surface area is 190 Å². The molecule has 0 saturated carbocycles. The normalized spacial score (nSPS) is 16.6. The molecule has 3 heterocycles. The first-order valence-electron chi connectivity index (χ1n) is 10.5. The summed E-state index contributed by atoms with van der Waals surface area (Å²) >= 11 is 0. The van der Waals surface area contributed by atoms with E-state index < -0.39 is 5.82 Å². The van der Waals surface area contributed by atoms with E-state index in [4.69, 9.17) is 15.2 Å². The maximum Gasteiger partial charge on any atom is 0.251 e. The van der Waals surface area contributed by atoms with Gasteiger partial charge in [-0.1, -0.05) is 0 Å². The number of benzene rings is 1. The van der Waals surface area contributed by atoms with E-state index in [-0.39, 0.29) is 17.6 Å². The van der Waals surface area contributed by atoms with Crippen LogP contribution in [-0.4, -0.2) is 60.1 Å². The van der Waals surface area contributed by atoms with Crippen molar-refractivity contribution in [1.82, 2.24) is 19.9 Å². The van der Waals surface area contributed by atoms with Gasteiger partial charge in [-0.2, -0.15) is 0 Å². The smallest absolute Gasteiger partial charge is 0.251 e. The van der Waals surface area contributed by atoms with Gasteiger partial charge in [-0.3, -0.25) is 9.79 Å². The number of fused-ring (bicyclic) bond motifs is 1. The summed E-state index contributed by atoms with van der Waals surface area (Å²) in [5.74, 6) is -0.471. The van der Waals surface area contributed by atoms with Gasteiger partial charge >= 0.3 is 0 Å². The monoisotopic (exact) mass is 452 g/mol. The lowest BCUT2D eigenvalue weighted by molar-refractivity contribution is 0.0963. The lowest BCUT2D eigenvalue weighted by Crippen LogP contribution is -2.19. The van der Waals surface area contributed by atoms with Crippen LogP contribution in [0.4, 0.5) is 4.39 Å². The fourth-order valence-electron chi connectivity index (χ4n) is 3.71. The van der Waals surface area contributed by atoms with E-state index in [1.807, 2.05) is 0 Å². The van der Waals surface area contributed by atoms with Gasteiger partial charge < -0.3 is 20.5 Å². The van der Waals surface area contributed by atoms with Crippen LogP contribution in [0.1, 0.15) is 27.9 Å². The first-order valence-corrected chi connectivity index (χ1v) is 10.5. The second kappa shape index (κ2) is 9.37. The van der Waals surface area contributed by atoms with E-state index in [1.165, 1.54) is 36.1 Å². The molecule has 3 N–H and O–H groups in total. The molecule has 2 aromatic heterocycles. The zero-order chi connectivity index (χ0) is 23.5. The van der Waals surface area contributed by atoms with Crippen LogP contribution >= 0.6 is 0 Å². The highest BCUT2D eigenvalue weighted by Crippen LogP contribution is 2.31. The Bertz CT molecular complexity index is 1260. The van der Waals surface area contributed by atoms with Crippen molar-refractivity contribution in [2.24, 2.45) is 10.7 Å². The number of halogens is 1. The summed E-state index contributed by atoms with van der Waals surface area (Å²) in [4.78, 5) is 20.7. The molecule has 1 saturated heterocycles. The van der Waals surface area contributed by atoms with Crippen molar-refractivity contribution >= 4 is 23.3 Å². The van der Waals surface area contributed by atoms with E-state index in [2.05, 4.69) is 20.4 Å². The molecule has 0 aliphatic carbocycles. The zero-order valence-corrected chi connectivity index (χ0v) is 18.6. The molecule has 3 aromatic rings. The van der Waals surface area contributed by atoms with E-state index >= 15 is 4.39 Å². The average Bonchev–Trinajstić information content (AvgIpc) is 3.48. The van der Waals surface area contributed by atoms with Gasteiger partial charge in [0, 0.05) is 49.6 Å². The van der Waals surface area contributed by atoms with Crippen LogP contribution in [0.5, 0.6) is 5.88 Å². The summed E-state index contributed by atoms with van der Waals surface area (Å²) in [7, 11) is 3.16. The number of hydrogen-bond acceptors (Lipinski definition) is 7. The second-order valence-corrected chi connectivity index (χ2v) is 7.62. The molecule has 0 radical (unpaired) electrons. The molecule has 0 bridgehead atoms. The summed E-state index contributed by atoms with van der Waals surface area (Å²) in [5, 5.41) is 7.21. The molecular weight excluding hydrogens is 427 g/mol. The van der Waals surface area contributed by atoms with Crippen LogP contribution in [0.3, 0.4) is 0 Å².